The molecule has 8 nitrogen and oxygen atoms in total. The fraction of sp³-hybridized carbons (Fsp3) is 0.143. The van der Waals surface area contributed by atoms with E-state index in [4.69, 9.17) is 16.3 Å². The summed E-state index contributed by atoms with van der Waals surface area (Å²) in [6.07, 6.45) is 1.62. The molecule has 1 aromatic heterocycles. The Balaban J connectivity index is 1.61. The maximum absolute atomic E-state index is 12.2. The predicted octanol–water partition coefficient (Wildman–Crippen LogP) is 3.07. The van der Waals surface area contributed by atoms with Crippen LogP contribution in [0.1, 0.15) is 27.8 Å². The van der Waals surface area contributed by atoms with Gasteiger partial charge in [0.25, 0.3) is 5.91 Å². The van der Waals surface area contributed by atoms with E-state index in [-0.39, 0.29) is 18.8 Å². The van der Waals surface area contributed by atoms with Gasteiger partial charge in [-0.05, 0) is 43.3 Å². The molecule has 30 heavy (non-hydrogen) atoms. The van der Waals surface area contributed by atoms with Gasteiger partial charge in [-0.2, -0.15) is 5.10 Å². The van der Waals surface area contributed by atoms with E-state index in [1.807, 2.05) is 0 Å². The summed E-state index contributed by atoms with van der Waals surface area (Å²) in [6, 6.07) is 15.0. The number of nitrogens with one attached hydrogen (secondary N) is 2. The van der Waals surface area contributed by atoms with Crippen LogP contribution in [0.2, 0.25) is 5.02 Å². The van der Waals surface area contributed by atoms with E-state index in [0.29, 0.717) is 22.0 Å². The second-order valence-corrected chi connectivity index (χ2v) is 6.53. The van der Waals surface area contributed by atoms with Gasteiger partial charge in [-0.15, -0.1) is 0 Å². The number of hydrogen-bond acceptors (Lipinski definition) is 5. The van der Waals surface area contributed by atoms with Gasteiger partial charge in [0.1, 0.15) is 0 Å². The predicted molar refractivity (Wildman–Crippen MR) is 112 cm³/mol. The summed E-state index contributed by atoms with van der Waals surface area (Å²) in [5, 5.41) is 9.72. The van der Waals surface area contributed by atoms with Crippen LogP contribution in [-0.2, 0) is 9.53 Å². The summed E-state index contributed by atoms with van der Waals surface area (Å²) in [5.41, 5.74) is 1.64. The molecule has 1 heterocycles. The molecule has 0 saturated carbocycles. The lowest BCUT2D eigenvalue weighted by molar-refractivity contribution is -0.115. The number of aromatic nitrogens is 2. The second-order valence-electron chi connectivity index (χ2n) is 6.13. The first-order valence-electron chi connectivity index (χ1n) is 9.13. The standard InChI is InChI=1S/C21H19ClN4O4/c1-2-30-21(29)18-10-11-26(25-18)15-7-5-6-14(12-15)24-19(27)13-23-20(28)16-8-3-4-9-17(16)22/h3-12H,2,13H2,1H3,(H,23,28)(H,24,27). The third-order valence-electron chi connectivity index (χ3n) is 4.00. The first kappa shape index (κ1) is 21.1. The van der Waals surface area contributed by atoms with E-state index < -0.39 is 17.8 Å². The normalized spacial score (nSPS) is 10.3. The van der Waals surface area contributed by atoms with Crippen LogP contribution in [0.4, 0.5) is 5.69 Å². The molecule has 0 bridgehead atoms. The average Bonchev–Trinajstić information content (AvgIpc) is 3.23. The van der Waals surface area contributed by atoms with Gasteiger partial charge in [0.2, 0.25) is 5.91 Å². The summed E-state index contributed by atoms with van der Waals surface area (Å²) >= 11 is 5.98. The first-order valence-corrected chi connectivity index (χ1v) is 9.51. The lowest BCUT2D eigenvalue weighted by Crippen LogP contribution is -2.33. The molecule has 0 aliphatic heterocycles. The summed E-state index contributed by atoms with van der Waals surface area (Å²) in [6.45, 7) is 1.77. The number of carbonyl (C=O) groups excluding carboxylic acids is 3. The highest BCUT2D eigenvalue weighted by molar-refractivity contribution is 6.33. The maximum Gasteiger partial charge on any atom is 0.358 e. The molecule has 3 rings (SSSR count). The van der Waals surface area contributed by atoms with Crippen LogP contribution in [0.15, 0.2) is 60.8 Å². The number of rotatable bonds is 7. The van der Waals surface area contributed by atoms with Crippen molar-refractivity contribution in [3.63, 3.8) is 0 Å². The van der Waals surface area contributed by atoms with Crippen molar-refractivity contribution in [3.05, 3.63) is 77.1 Å². The molecule has 0 fully saturated rings. The van der Waals surface area contributed by atoms with Crippen LogP contribution < -0.4 is 10.6 Å². The number of anilines is 1. The van der Waals surface area contributed by atoms with Crippen molar-refractivity contribution in [2.75, 3.05) is 18.5 Å². The number of carbonyl (C=O) groups is 3. The molecule has 3 aromatic rings. The van der Waals surface area contributed by atoms with Gasteiger partial charge in [0.05, 0.1) is 29.4 Å². The van der Waals surface area contributed by atoms with Crippen molar-refractivity contribution in [2.45, 2.75) is 6.92 Å². The Kier molecular flexibility index (Phi) is 6.82. The highest BCUT2D eigenvalue weighted by Gasteiger charge is 2.13. The molecule has 0 aliphatic rings. The van der Waals surface area contributed by atoms with Crippen LogP contribution in [0.5, 0.6) is 0 Å². The van der Waals surface area contributed by atoms with Crippen molar-refractivity contribution in [3.8, 4) is 5.69 Å². The zero-order chi connectivity index (χ0) is 21.5. The zero-order valence-electron chi connectivity index (χ0n) is 16.1. The fourth-order valence-corrected chi connectivity index (χ4v) is 2.84. The molecule has 9 heteroatoms. The van der Waals surface area contributed by atoms with E-state index in [9.17, 15) is 14.4 Å². The molecule has 2 aromatic carbocycles. The molecular weight excluding hydrogens is 408 g/mol. The number of nitrogens with zero attached hydrogens (tertiary/aromatic N) is 2. The monoisotopic (exact) mass is 426 g/mol. The zero-order valence-corrected chi connectivity index (χ0v) is 16.8. The topological polar surface area (TPSA) is 102 Å². The Morgan fingerprint density at radius 1 is 1.10 bits per heavy atom. The molecule has 0 saturated heterocycles. The largest absolute Gasteiger partial charge is 0.461 e. The number of amides is 2. The first-order chi connectivity index (χ1) is 14.5. The van der Waals surface area contributed by atoms with Crippen LogP contribution in [0, 0.1) is 0 Å². The number of benzene rings is 2. The number of esters is 1. The molecule has 154 valence electrons. The molecule has 0 atom stereocenters. The number of ether oxygens (including phenoxy) is 1. The van der Waals surface area contributed by atoms with Gasteiger partial charge < -0.3 is 15.4 Å². The van der Waals surface area contributed by atoms with Crippen molar-refractivity contribution in [1.29, 1.82) is 0 Å². The van der Waals surface area contributed by atoms with Gasteiger partial charge in [-0.3, -0.25) is 9.59 Å². The summed E-state index contributed by atoms with van der Waals surface area (Å²) in [5.74, 6) is -1.34. The molecule has 0 aliphatic carbocycles. The lowest BCUT2D eigenvalue weighted by atomic mass is 10.2. The van der Waals surface area contributed by atoms with E-state index in [2.05, 4.69) is 15.7 Å². The van der Waals surface area contributed by atoms with Crippen molar-refractivity contribution >= 4 is 35.1 Å². The molecule has 0 spiro atoms. The van der Waals surface area contributed by atoms with Crippen LogP contribution in [0.25, 0.3) is 5.69 Å². The molecule has 0 unspecified atom stereocenters. The third kappa shape index (κ3) is 5.24. The maximum atomic E-state index is 12.2. The highest BCUT2D eigenvalue weighted by atomic mass is 35.5. The van der Waals surface area contributed by atoms with Crippen molar-refractivity contribution < 1.29 is 19.1 Å². The Morgan fingerprint density at radius 2 is 1.90 bits per heavy atom. The van der Waals surface area contributed by atoms with Gasteiger partial charge in [-0.1, -0.05) is 29.8 Å². The van der Waals surface area contributed by atoms with Crippen LogP contribution >= 0.6 is 11.6 Å². The fourth-order valence-electron chi connectivity index (χ4n) is 2.61. The molecule has 0 radical (unpaired) electrons. The Morgan fingerprint density at radius 3 is 2.67 bits per heavy atom. The average molecular weight is 427 g/mol. The Labute approximate surface area is 177 Å². The third-order valence-corrected chi connectivity index (χ3v) is 4.33. The summed E-state index contributed by atoms with van der Waals surface area (Å²) in [4.78, 5) is 36.1. The molecule has 2 amide bonds. The van der Waals surface area contributed by atoms with Gasteiger partial charge in [0, 0.05) is 11.9 Å². The highest BCUT2D eigenvalue weighted by Crippen LogP contribution is 2.16. The van der Waals surface area contributed by atoms with E-state index in [1.165, 1.54) is 4.68 Å². The van der Waals surface area contributed by atoms with Gasteiger partial charge in [-0.25, -0.2) is 9.48 Å². The van der Waals surface area contributed by atoms with Crippen LogP contribution in [-0.4, -0.2) is 40.7 Å². The molecular formula is C21H19ClN4O4. The lowest BCUT2D eigenvalue weighted by Gasteiger charge is -2.09. The second kappa shape index (κ2) is 9.71. The minimum atomic E-state index is -0.505. The Hall–Kier alpha value is -3.65. The van der Waals surface area contributed by atoms with E-state index in [1.54, 1.807) is 67.7 Å². The summed E-state index contributed by atoms with van der Waals surface area (Å²) in [7, 11) is 0. The smallest absolute Gasteiger partial charge is 0.358 e. The van der Waals surface area contributed by atoms with Crippen molar-refractivity contribution in [1.82, 2.24) is 15.1 Å². The quantitative estimate of drug-likeness (QED) is 0.565. The minimum Gasteiger partial charge on any atom is -0.461 e. The van der Waals surface area contributed by atoms with Crippen molar-refractivity contribution in [2.24, 2.45) is 0 Å². The minimum absolute atomic E-state index is 0.188. The van der Waals surface area contributed by atoms with Crippen LogP contribution in [0.3, 0.4) is 0 Å². The number of hydrogen-bond donors (Lipinski definition) is 2. The molecule has 2 N–H and O–H groups in total. The van der Waals surface area contributed by atoms with E-state index in [0.717, 1.165) is 0 Å². The van der Waals surface area contributed by atoms with Gasteiger partial charge in [0.15, 0.2) is 5.69 Å². The van der Waals surface area contributed by atoms with E-state index >= 15 is 0 Å². The number of halogens is 1. The SMILES string of the molecule is CCOC(=O)c1ccn(-c2cccc(NC(=O)CNC(=O)c3ccccc3Cl)c2)n1. The Bertz CT molecular complexity index is 1080. The summed E-state index contributed by atoms with van der Waals surface area (Å²) < 4.78 is 6.43. The van der Waals surface area contributed by atoms with Gasteiger partial charge >= 0.3 is 5.97 Å².